The third kappa shape index (κ3) is 4.67. The molecule has 0 spiro atoms. The molecule has 0 aromatic heterocycles. The molecule has 0 amide bonds. The van der Waals surface area contributed by atoms with E-state index in [4.69, 9.17) is 18.9 Å². The molecule has 0 saturated carbocycles. The van der Waals surface area contributed by atoms with E-state index in [1.807, 2.05) is 0 Å². The van der Waals surface area contributed by atoms with Gasteiger partial charge in [0.15, 0.2) is 0 Å². The highest BCUT2D eigenvalue weighted by Gasteiger charge is 2.38. The van der Waals surface area contributed by atoms with Gasteiger partial charge in [0.1, 0.15) is 0 Å². The second kappa shape index (κ2) is 8.62. The van der Waals surface area contributed by atoms with Crippen molar-refractivity contribution in [3.8, 4) is 0 Å². The molecule has 0 unspecified atom stereocenters. The SMILES string of the molecule is CCCC(COCC1(CC)COC1)COCC1(CC)COC1. The highest BCUT2D eigenvalue weighted by Crippen LogP contribution is 2.32. The number of hydrogen-bond acceptors (Lipinski definition) is 4. The first kappa shape index (κ1) is 18.2. The summed E-state index contributed by atoms with van der Waals surface area (Å²) >= 11 is 0. The fraction of sp³-hybridized carbons (Fsp3) is 1.00. The van der Waals surface area contributed by atoms with Crippen molar-refractivity contribution in [2.75, 3.05) is 52.9 Å². The van der Waals surface area contributed by atoms with Crippen LogP contribution in [0.5, 0.6) is 0 Å². The van der Waals surface area contributed by atoms with E-state index in [2.05, 4.69) is 20.8 Å². The Kier molecular flexibility index (Phi) is 7.13. The smallest absolute Gasteiger partial charge is 0.0566 e. The molecule has 0 aromatic carbocycles. The van der Waals surface area contributed by atoms with E-state index in [0.717, 1.165) is 65.7 Å². The Morgan fingerprint density at radius 3 is 1.55 bits per heavy atom. The molecule has 4 nitrogen and oxygen atoms in total. The lowest BCUT2D eigenvalue weighted by atomic mass is 9.84. The standard InChI is InChI=1S/C18H34O4/c1-4-7-16(8-19-10-17(5-2)12-21-13-17)9-20-11-18(6-3)14-22-15-18/h16H,4-15H2,1-3H3. The zero-order valence-corrected chi connectivity index (χ0v) is 14.7. The van der Waals surface area contributed by atoms with Crippen molar-refractivity contribution in [2.24, 2.45) is 16.7 Å². The van der Waals surface area contributed by atoms with Crippen LogP contribution in [0.1, 0.15) is 46.5 Å². The first-order chi connectivity index (χ1) is 10.7. The van der Waals surface area contributed by atoms with Crippen LogP contribution < -0.4 is 0 Å². The van der Waals surface area contributed by atoms with Crippen molar-refractivity contribution in [3.05, 3.63) is 0 Å². The van der Waals surface area contributed by atoms with Gasteiger partial charge in [0.25, 0.3) is 0 Å². The van der Waals surface area contributed by atoms with E-state index in [1.165, 1.54) is 12.8 Å². The van der Waals surface area contributed by atoms with Crippen molar-refractivity contribution < 1.29 is 18.9 Å². The lowest BCUT2D eigenvalue weighted by Crippen LogP contribution is -2.46. The number of hydrogen-bond donors (Lipinski definition) is 0. The van der Waals surface area contributed by atoms with Gasteiger partial charge in [0, 0.05) is 16.7 Å². The molecule has 2 aliphatic heterocycles. The minimum Gasteiger partial charge on any atom is -0.380 e. The van der Waals surface area contributed by atoms with Crippen LogP contribution in [-0.2, 0) is 18.9 Å². The Balaban J connectivity index is 1.63. The highest BCUT2D eigenvalue weighted by molar-refractivity contribution is 4.85. The third-order valence-corrected chi connectivity index (χ3v) is 5.35. The van der Waals surface area contributed by atoms with E-state index in [9.17, 15) is 0 Å². The summed E-state index contributed by atoms with van der Waals surface area (Å²) in [5.74, 6) is 0.509. The first-order valence-electron chi connectivity index (χ1n) is 8.98. The third-order valence-electron chi connectivity index (χ3n) is 5.35. The maximum Gasteiger partial charge on any atom is 0.0566 e. The van der Waals surface area contributed by atoms with Gasteiger partial charge >= 0.3 is 0 Å². The van der Waals surface area contributed by atoms with E-state index in [-0.39, 0.29) is 10.8 Å². The van der Waals surface area contributed by atoms with Crippen LogP contribution >= 0.6 is 0 Å². The van der Waals surface area contributed by atoms with Crippen LogP contribution in [0.2, 0.25) is 0 Å². The molecule has 0 bridgehead atoms. The van der Waals surface area contributed by atoms with E-state index >= 15 is 0 Å². The van der Waals surface area contributed by atoms with Crippen LogP contribution in [0.25, 0.3) is 0 Å². The fourth-order valence-corrected chi connectivity index (χ4v) is 3.07. The van der Waals surface area contributed by atoms with Gasteiger partial charge in [-0.05, 0) is 19.3 Å². The molecular formula is C18H34O4. The molecule has 0 N–H and O–H groups in total. The highest BCUT2D eigenvalue weighted by atomic mass is 16.5. The van der Waals surface area contributed by atoms with Crippen LogP contribution in [0.3, 0.4) is 0 Å². The summed E-state index contributed by atoms with van der Waals surface area (Å²) in [6.45, 7) is 13.4. The summed E-state index contributed by atoms with van der Waals surface area (Å²) in [6, 6.07) is 0. The molecule has 4 heteroatoms. The van der Waals surface area contributed by atoms with Crippen LogP contribution in [0, 0.1) is 16.7 Å². The molecule has 130 valence electrons. The Bertz CT molecular complexity index is 271. The molecular weight excluding hydrogens is 280 g/mol. The molecule has 0 atom stereocenters. The fourth-order valence-electron chi connectivity index (χ4n) is 3.07. The van der Waals surface area contributed by atoms with Crippen molar-refractivity contribution >= 4 is 0 Å². The molecule has 2 heterocycles. The maximum atomic E-state index is 6.01. The van der Waals surface area contributed by atoms with E-state index < -0.39 is 0 Å². The first-order valence-corrected chi connectivity index (χ1v) is 8.98. The van der Waals surface area contributed by atoms with Crippen LogP contribution in [-0.4, -0.2) is 52.9 Å². The van der Waals surface area contributed by atoms with Gasteiger partial charge in [-0.3, -0.25) is 0 Å². The largest absolute Gasteiger partial charge is 0.380 e. The van der Waals surface area contributed by atoms with Gasteiger partial charge in [-0.2, -0.15) is 0 Å². The van der Waals surface area contributed by atoms with Crippen LogP contribution in [0.4, 0.5) is 0 Å². The van der Waals surface area contributed by atoms with E-state index in [1.54, 1.807) is 0 Å². The predicted molar refractivity (Wildman–Crippen MR) is 87.1 cm³/mol. The monoisotopic (exact) mass is 314 g/mol. The Labute approximate surface area is 135 Å². The Morgan fingerprint density at radius 1 is 0.818 bits per heavy atom. The Hall–Kier alpha value is -0.160. The van der Waals surface area contributed by atoms with E-state index in [0.29, 0.717) is 5.92 Å². The van der Waals surface area contributed by atoms with Crippen molar-refractivity contribution in [1.82, 2.24) is 0 Å². The molecule has 2 aliphatic rings. The maximum absolute atomic E-state index is 6.01. The van der Waals surface area contributed by atoms with Crippen molar-refractivity contribution in [3.63, 3.8) is 0 Å². The average molecular weight is 314 g/mol. The molecule has 2 rings (SSSR count). The molecule has 0 radical (unpaired) electrons. The second-order valence-corrected chi connectivity index (χ2v) is 7.38. The lowest BCUT2D eigenvalue weighted by molar-refractivity contribution is -0.162. The number of ether oxygens (including phenoxy) is 4. The minimum atomic E-state index is 0.285. The minimum absolute atomic E-state index is 0.285. The van der Waals surface area contributed by atoms with Gasteiger partial charge in [0.2, 0.25) is 0 Å². The zero-order valence-electron chi connectivity index (χ0n) is 14.7. The van der Waals surface area contributed by atoms with Gasteiger partial charge in [-0.25, -0.2) is 0 Å². The topological polar surface area (TPSA) is 36.9 Å². The van der Waals surface area contributed by atoms with Crippen molar-refractivity contribution in [2.45, 2.75) is 46.5 Å². The molecule has 0 aromatic rings. The summed E-state index contributed by atoms with van der Waals surface area (Å²) in [5, 5.41) is 0. The predicted octanol–water partition coefficient (Wildman–Crippen LogP) is 3.29. The second-order valence-electron chi connectivity index (χ2n) is 7.38. The summed E-state index contributed by atoms with van der Waals surface area (Å²) in [5.41, 5.74) is 0.570. The van der Waals surface area contributed by atoms with Gasteiger partial charge in [-0.1, -0.05) is 27.2 Å². The quantitative estimate of drug-likeness (QED) is 0.554. The normalized spacial score (nSPS) is 22.4. The number of rotatable bonds is 12. The summed E-state index contributed by atoms with van der Waals surface area (Å²) in [6.07, 6.45) is 4.63. The summed E-state index contributed by atoms with van der Waals surface area (Å²) in [7, 11) is 0. The molecule has 2 saturated heterocycles. The van der Waals surface area contributed by atoms with Gasteiger partial charge in [-0.15, -0.1) is 0 Å². The summed E-state index contributed by atoms with van der Waals surface area (Å²) < 4.78 is 22.7. The zero-order chi connectivity index (χ0) is 15.9. The van der Waals surface area contributed by atoms with Gasteiger partial charge < -0.3 is 18.9 Å². The van der Waals surface area contributed by atoms with Crippen LogP contribution in [0.15, 0.2) is 0 Å². The molecule has 2 fully saturated rings. The Morgan fingerprint density at radius 2 is 1.27 bits per heavy atom. The molecule has 22 heavy (non-hydrogen) atoms. The lowest BCUT2D eigenvalue weighted by Gasteiger charge is -2.41. The van der Waals surface area contributed by atoms with Gasteiger partial charge in [0.05, 0.1) is 52.9 Å². The average Bonchev–Trinajstić information content (AvgIpc) is 2.44. The van der Waals surface area contributed by atoms with Crippen molar-refractivity contribution in [1.29, 1.82) is 0 Å². The summed E-state index contributed by atoms with van der Waals surface area (Å²) in [4.78, 5) is 0. The molecule has 0 aliphatic carbocycles.